The van der Waals surface area contributed by atoms with Crippen LogP contribution < -0.4 is 11.4 Å². The molecule has 0 saturated heterocycles. The van der Waals surface area contributed by atoms with Gasteiger partial charge in [0.2, 0.25) is 0 Å². The molecule has 0 aliphatic carbocycles. The first kappa shape index (κ1) is 9.79. The molecule has 5 nitrogen and oxygen atoms in total. The smallest absolute Gasteiger partial charge is 0.326 e. The predicted molar refractivity (Wildman–Crippen MR) is 57.1 cm³/mol. The van der Waals surface area contributed by atoms with Crippen LogP contribution in [0, 0.1) is 0 Å². The van der Waals surface area contributed by atoms with E-state index in [9.17, 15) is 9.59 Å². The van der Waals surface area contributed by atoms with E-state index in [4.69, 9.17) is 17.3 Å². The van der Waals surface area contributed by atoms with Crippen LogP contribution in [0.15, 0.2) is 16.9 Å². The van der Waals surface area contributed by atoms with E-state index in [1.54, 1.807) is 7.05 Å². The van der Waals surface area contributed by atoms with Crippen LogP contribution in [0.2, 0.25) is 5.02 Å². The van der Waals surface area contributed by atoms with Gasteiger partial charge in [0.05, 0.1) is 21.6 Å². The summed E-state index contributed by atoms with van der Waals surface area (Å²) in [5.41, 5.74) is 6.00. The number of aryl methyl sites for hydroxylation is 1. The number of aromatic amines is 1. The first-order valence-corrected chi connectivity index (χ1v) is 4.57. The second-order valence-corrected chi connectivity index (χ2v) is 3.58. The third-order valence-electron chi connectivity index (χ3n) is 2.26. The van der Waals surface area contributed by atoms with E-state index in [2.05, 4.69) is 4.98 Å². The van der Waals surface area contributed by atoms with Crippen molar-refractivity contribution < 1.29 is 4.79 Å². The largest absolute Gasteiger partial charge is 0.366 e. The fraction of sp³-hybridized carbons (Fsp3) is 0.111. The number of hydrogen-bond donors (Lipinski definition) is 2. The molecule has 0 aliphatic heterocycles. The highest BCUT2D eigenvalue weighted by molar-refractivity contribution is 6.35. The second kappa shape index (κ2) is 3.13. The number of primary amides is 1. The lowest BCUT2D eigenvalue weighted by Gasteiger charge is -2.01. The van der Waals surface area contributed by atoms with Crippen molar-refractivity contribution in [2.24, 2.45) is 12.8 Å². The molecule has 0 radical (unpaired) electrons. The first-order chi connectivity index (χ1) is 7.02. The maximum Gasteiger partial charge on any atom is 0.326 e. The quantitative estimate of drug-likeness (QED) is 0.746. The summed E-state index contributed by atoms with van der Waals surface area (Å²) in [7, 11) is 1.55. The summed E-state index contributed by atoms with van der Waals surface area (Å²) in [6, 6.07) is 3.03. The maximum absolute atomic E-state index is 11.4. The number of carbonyl (C=O) groups is 1. The van der Waals surface area contributed by atoms with Crippen molar-refractivity contribution in [1.82, 2.24) is 9.55 Å². The van der Waals surface area contributed by atoms with Crippen LogP contribution in [0.4, 0.5) is 0 Å². The fourth-order valence-corrected chi connectivity index (χ4v) is 1.72. The molecule has 0 fully saturated rings. The lowest BCUT2D eigenvalue weighted by Crippen LogP contribution is -2.16. The molecular weight excluding hydrogens is 218 g/mol. The van der Waals surface area contributed by atoms with Crippen LogP contribution in [-0.2, 0) is 7.05 Å². The van der Waals surface area contributed by atoms with Gasteiger partial charge in [-0.2, -0.15) is 0 Å². The normalized spacial score (nSPS) is 10.8. The number of imidazole rings is 1. The maximum atomic E-state index is 11.4. The van der Waals surface area contributed by atoms with E-state index in [-0.39, 0.29) is 11.3 Å². The highest BCUT2D eigenvalue weighted by atomic mass is 35.5. The molecule has 6 heteroatoms. The van der Waals surface area contributed by atoms with Gasteiger partial charge in [0.25, 0.3) is 5.91 Å². The van der Waals surface area contributed by atoms with Gasteiger partial charge in [-0.3, -0.25) is 9.36 Å². The zero-order chi connectivity index (χ0) is 11.2. The molecule has 1 aromatic carbocycles. The van der Waals surface area contributed by atoms with Crippen molar-refractivity contribution >= 4 is 28.5 Å². The molecule has 2 aromatic rings. The van der Waals surface area contributed by atoms with Gasteiger partial charge < -0.3 is 10.7 Å². The van der Waals surface area contributed by atoms with Crippen LogP contribution in [0.5, 0.6) is 0 Å². The highest BCUT2D eigenvalue weighted by Crippen LogP contribution is 2.23. The molecule has 0 saturated carbocycles. The van der Waals surface area contributed by atoms with E-state index < -0.39 is 5.91 Å². The molecule has 0 unspecified atom stereocenters. The van der Waals surface area contributed by atoms with Gasteiger partial charge in [-0.05, 0) is 12.1 Å². The summed E-state index contributed by atoms with van der Waals surface area (Å²) >= 11 is 5.88. The third kappa shape index (κ3) is 1.32. The number of benzene rings is 1. The summed E-state index contributed by atoms with van der Waals surface area (Å²) in [5.74, 6) is -0.591. The van der Waals surface area contributed by atoms with Crippen LogP contribution in [-0.4, -0.2) is 15.5 Å². The molecule has 1 aromatic heterocycles. The Morgan fingerprint density at radius 2 is 2.20 bits per heavy atom. The number of halogens is 1. The number of rotatable bonds is 1. The molecule has 15 heavy (non-hydrogen) atoms. The van der Waals surface area contributed by atoms with E-state index in [0.717, 1.165) is 0 Å². The number of carbonyl (C=O) groups excluding carboxylic acids is 1. The monoisotopic (exact) mass is 225 g/mol. The minimum Gasteiger partial charge on any atom is -0.366 e. The van der Waals surface area contributed by atoms with E-state index >= 15 is 0 Å². The van der Waals surface area contributed by atoms with Gasteiger partial charge in [0.1, 0.15) is 0 Å². The molecule has 0 aliphatic rings. The Labute approximate surface area is 89.4 Å². The lowest BCUT2D eigenvalue weighted by atomic mass is 10.1. The van der Waals surface area contributed by atoms with Gasteiger partial charge in [-0.25, -0.2) is 4.79 Å². The van der Waals surface area contributed by atoms with E-state index in [1.165, 1.54) is 16.7 Å². The summed E-state index contributed by atoms with van der Waals surface area (Å²) < 4.78 is 1.31. The Bertz CT molecular complexity index is 612. The third-order valence-corrected chi connectivity index (χ3v) is 2.58. The summed E-state index contributed by atoms with van der Waals surface area (Å²) in [6.45, 7) is 0. The molecule has 0 bridgehead atoms. The Morgan fingerprint density at radius 3 is 2.80 bits per heavy atom. The van der Waals surface area contributed by atoms with Gasteiger partial charge in [0, 0.05) is 7.05 Å². The van der Waals surface area contributed by atoms with Crippen molar-refractivity contribution in [3.8, 4) is 0 Å². The Balaban J connectivity index is 3.03. The SMILES string of the molecule is Cn1c(=O)[nH]c2c(Cl)ccc(C(N)=O)c21. The highest BCUT2D eigenvalue weighted by Gasteiger charge is 2.14. The molecule has 0 spiro atoms. The van der Waals surface area contributed by atoms with E-state index in [1.807, 2.05) is 0 Å². The molecule has 3 N–H and O–H groups in total. The molecule has 1 heterocycles. The van der Waals surface area contributed by atoms with Gasteiger partial charge in [-0.15, -0.1) is 0 Å². The molecule has 1 amide bonds. The number of hydrogen-bond acceptors (Lipinski definition) is 2. The van der Waals surface area contributed by atoms with Gasteiger partial charge >= 0.3 is 5.69 Å². The zero-order valence-corrected chi connectivity index (χ0v) is 8.63. The number of nitrogens with zero attached hydrogens (tertiary/aromatic N) is 1. The Morgan fingerprint density at radius 1 is 1.53 bits per heavy atom. The summed E-state index contributed by atoms with van der Waals surface area (Å²) in [6.07, 6.45) is 0. The second-order valence-electron chi connectivity index (χ2n) is 3.17. The van der Waals surface area contributed by atoms with Gasteiger partial charge in [-0.1, -0.05) is 11.6 Å². The number of nitrogens with one attached hydrogen (secondary N) is 1. The Hall–Kier alpha value is -1.75. The van der Waals surface area contributed by atoms with Crippen molar-refractivity contribution in [3.63, 3.8) is 0 Å². The number of H-pyrrole nitrogens is 1. The van der Waals surface area contributed by atoms with E-state index in [0.29, 0.717) is 16.1 Å². The molecular formula is C9H8ClN3O2. The van der Waals surface area contributed by atoms with Crippen molar-refractivity contribution in [2.45, 2.75) is 0 Å². The van der Waals surface area contributed by atoms with Crippen molar-refractivity contribution in [2.75, 3.05) is 0 Å². The number of amides is 1. The molecule has 0 atom stereocenters. The van der Waals surface area contributed by atoms with Crippen LogP contribution in [0.25, 0.3) is 11.0 Å². The fourth-order valence-electron chi connectivity index (χ4n) is 1.52. The predicted octanol–water partition coefficient (Wildman–Crippen LogP) is 0.619. The van der Waals surface area contributed by atoms with Crippen LogP contribution in [0.1, 0.15) is 10.4 Å². The minimum absolute atomic E-state index is 0.273. The summed E-state index contributed by atoms with van der Waals surface area (Å²) in [5, 5.41) is 0.382. The summed E-state index contributed by atoms with van der Waals surface area (Å²) in [4.78, 5) is 25.1. The average molecular weight is 226 g/mol. The minimum atomic E-state index is -0.591. The lowest BCUT2D eigenvalue weighted by molar-refractivity contribution is 0.100. The van der Waals surface area contributed by atoms with Crippen LogP contribution >= 0.6 is 11.6 Å². The Kier molecular flexibility index (Phi) is 2.04. The number of nitrogens with two attached hydrogens (primary N) is 1. The van der Waals surface area contributed by atoms with Gasteiger partial charge in [0.15, 0.2) is 0 Å². The zero-order valence-electron chi connectivity index (χ0n) is 7.87. The molecule has 78 valence electrons. The first-order valence-electron chi connectivity index (χ1n) is 4.19. The van der Waals surface area contributed by atoms with Crippen molar-refractivity contribution in [1.29, 1.82) is 0 Å². The topological polar surface area (TPSA) is 80.9 Å². The van der Waals surface area contributed by atoms with Crippen LogP contribution in [0.3, 0.4) is 0 Å². The standard InChI is InChI=1S/C9H8ClN3O2/c1-13-7-4(8(11)14)2-3-5(10)6(7)12-9(13)15/h2-3H,1H3,(H2,11,14)(H,12,15). The molecule has 2 rings (SSSR count). The number of fused-ring (bicyclic) bond motifs is 1. The van der Waals surface area contributed by atoms with Crippen molar-refractivity contribution in [3.05, 3.63) is 33.2 Å². The number of aromatic nitrogens is 2. The average Bonchev–Trinajstić information content (AvgIpc) is 2.46.